The average Bonchev–Trinajstić information content (AvgIpc) is 2.89. The minimum absolute atomic E-state index is 0.252. The van der Waals surface area contributed by atoms with Gasteiger partial charge in [-0.15, -0.1) is 0 Å². The van der Waals surface area contributed by atoms with Crippen LogP contribution in [0.1, 0.15) is 33.9 Å². The molecule has 0 bridgehead atoms. The highest BCUT2D eigenvalue weighted by Crippen LogP contribution is 2.25. The molecular formula is C17H19BrN2O4. The summed E-state index contributed by atoms with van der Waals surface area (Å²) in [4.78, 5) is 23.8. The molecular weight excluding hydrogens is 376 g/mol. The molecule has 6 nitrogen and oxygen atoms in total. The van der Waals surface area contributed by atoms with Crippen LogP contribution in [0, 0.1) is 13.8 Å². The van der Waals surface area contributed by atoms with Crippen molar-refractivity contribution in [1.82, 2.24) is 10.9 Å². The van der Waals surface area contributed by atoms with E-state index in [1.54, 1.807) is 27.0 Å². The number of nitrogens with one attached hydrogen (secondary N) is 2. The van der Waals surface area contributed by atoms with E-state index in [-0.39, 0.29) is 12.3 Å². The molecule has 0 aliphatic carbocycles. The minimum atomic E-state index is -0.398. The summed E-state index contributed by atoms with van der Waals surface area (Å²) in [6, 6.07) is 7.27. The second kappa shape index (κ2) is 8.01. The van der Waals surface area contributed by atoms with Crippen molar-refractivity contribution in [2.24, 2.45) is 0 Å². The number of methoxy groups -OCH3 is 1. The Morgan fingerprint density at radius 2 is 1.96 bits per heavy atom. The highest BCUT2D eigenvalue weighted by atomic mass is 79.9. The second-order valence-corrected chi connectivity index (χ2v) is 6.15. The van der Waals surface area contributed by atoms with Crippen LogP contribution < -0.4 is 15.6 Å². The van der Waals surface area contributed by atoms with Gasteiger partial charge in [-0.2, -0.15) is 0 Å². The molecule has 1 heterocycles. The highest BCUT2D eigenvalue weighted by molar-refractivity contribution is 9.10. The summed E-state index contributed by atoms with van der Waals surface area (Å²) in [5, 5.41) is 0. The first-order chi connectivity index (χ1) is 11.4. The Labute approximate surface area is 148 Å². The fourth-order valence-corrected chi connectivity index (χ4v) is 2.82. The molecule has 24 heavy (non-hydrogen) atoms. The van der Waals surface area contributed by atoms with E-state index >= 15 is 0 Å². The molecule has 0 spiro atoms. The van der Waals surface area contributed by atoms with E-state index < -0.39 is 5.91 Å². The van der Waals surface area contributed by atoms with Crippen molar-refractivity contribution in [3.63, 3.8) is 0 Å². The third kappa shape index (κ3) is 4.61. The molecule has 0 radical (unpaired) electrons. The molecule has 128 valence electrons. The number of aryl methyl sites for hydroxylation is 3. The summed E-state index contributed by atoms with van der Waals surface area (Å²) in [6.07, 6.45) is 0.802. The van der Waals surface area contributed by atoms with Crippen LogP contribution in [0.25, 0.3) is 0 Å². The van der Waals surface area contributed by atoms with Gasteiger partial charge in [0.15, 0.2) is 0 Å². The first kappa shape index (κ1) is 18.1. The number of rotatable bonds is 5. The van der Waals surface area contributed by atoms with E-state index in [2.05, 4.69) is 26.8 Å². The zero-order valence-electron chi connectivity index (χ0n) is 13.7. The summed E-state index contributed by atoms with van der Waals surface area (Å²) in [6.45, 7) is 3.46. The van der Waals surface area contributed by atoms with Crippen molar-refractivity contribution in [3.8, 4) is 5.75 Å². The minimum Gasteiger partial charge on any atom is -0.496 e. The molecule has 0 unspecified atom stereocenters. The van der Waals surface area contributed by atoms with Crippen molar-refractivity contribution in [1.29, 1.82) is 0 Å². The summed E-state index contributed by atoms with van der Waals surface area (Å²) >= 11 is 3.41. The molecule has 0 saturated carbocycles. The third-order valence-corrected chi connectivity index (χ3v) is 4.08. The monoisotopic (exact) mass is 394 g/mol. The maximum Gasteiger partial charge on any atom is 0.273 e. The lowest BCUT2D eigenvalue weighted by Crippen LogP contribution is -2.41. The van der Waals surface area contributed by atoms with E-state index in [0.717, 1.165) is 15.8 Å². The van der Waals surface area contributed by atoms with Crippen LogP contribution in [0.15, 0.2) is 33.2 Å². The van der Waals surface area contributed by atoms with Gasteiger partial charge in [0.25, 0.3) is 5.91 Å². The highest BCUT2D eigenvalue weighted by Gasteiger charge is 2.14. The van der Waals surface area contributed by atoms with Crippen LogP contribution in [0.5, 0.6) is 5.75 Å². The molecule has 0 saturated heterocycles. The number of hydrogen-bond acceptors (Lipinski definition) is 4. The zero-order valence-corrected chi connectivity index (χ0v) is 15.3. The molecule has 0 fully saturated rings. The molecule has 2 amide bonds. The number of hydrazine groups is 1. The first-order valence-electron chi connectivity index (χ1n) is 7.39. The van der Waals surface area contributed by atoms with Crippen molar-refractivity contribution >= 4 is 27.7 Å². The molecule has 2 rings (SSSR count). The smallest absolute Gasteiger partial charge is 0.273 e. The number of halogens is 1. The SMILES string of the molecule is COc1ccc(CCC(=O)NNC(=O)c2cc(C)oc2C)cc1Br. The van der Waals surface area contributed by atoms with Gasteiger partial charge in [0.2, 0.25) is 5.91 Å². The zero-order chi connectivity index (χ0) is 17.7. The van der Waals surface area contributed by atoms with Crippen molar-refractivity contribution in [3.05, 3.63) is 51.4 Å². The van der Waals surface area contributed by atoms with Crippen molar-refractivity contribution in [2.75, 3.05) is 7.11 Å². The Balaban J connectivity index is 1.82. The van der Waals surface area contributed by atoms with Gasteiger partial charge in [0, 0.05) is 6.42 Å². The molecule has 2 aromatic rings. The van der Waals surface area contributed by atoms with Gasteiger partial charge in [-0.1, -0.05) is 6.07 Å². The summed E-state index contributed by atoms with van der Waals surface area (Å²) in [5.41, 5.74) is 6.20. The van der Waals surface area contributed by atoms with Gasteiger partial charge in [-0.25, -0.2) is 0 Å². The number of carbonyl (C=O) groups excluding carboxylic acids is 2. The Bertz CT molecular complexity index is 755. The maximum atomic E-state index is 12.0. The molecule has 1 aromatic heterocycles. The molecule has 0 aliphatic heterocycles. The lowest BCUT2D eigenvalue weighted by Gasteiger charge is -2.08. The quantitative estimate of drug-likeness (QED) is 0.763. The van der Waals surface area contributed by atoms with Crippen molar-refractivity contribution in [2.45, 2.75) is 26.7 Å². The van der Waals surface area contributed by atoms with Crippen LogP contribution in [0.4, 0.5) is 0 Å². The normalized spacial score (nSPS) is 10.3. The average molecular weight is 395 g/mol. The van der Waals surface area contributed by atoms with E-state index in [1.165, 1.54) is 0 Å². The van der Waals surface area contributed by atoms with Gasteiger partial charge >= 0.3 is 0 Å². The first-order valence-corrected chi connectivity index (χ1v) is 8.18. The number of hydrogen-bond donors (Lipinski definition) is 2. The van der Waals surface area contributed by atoms with Crippen molar-refractivity contribution < 1.29 is 18.7 Å². The Hall–Kier alpha value is -2.28. The molecule has 2 N–H and O–H groups in total. The van der Waals surface area contributed by atoms with E-state index in [9.17, 15) is 9.59 Å². The number of furan rings is 1. The lowest BCUT2D eigenvalue weighted by molar-refractivity contribution is -0.121. The van der Waals surface area contributed by atoms with Crippen LogP contribution in [-0.4, -0.2) is 18.9 Å². The summed E-state index contributed by atoms with van der Waals surface area (Å²) < 4.78 is 11.3. The topological polar surface area (TPSA) is 80.6 Å². The fourth-order valence-electron chi connectivity index (χ4n) is 2.24. The van der Waals surface area contributed by atoms with Gasteiger partial charge in [0.05, 0.1) is 17.1 Å². The predicted octanol–water partition coefficient (Wildman–Crippen LogP) is 3.06. The van der Waals surface area contributed by atoms with E-state index in [4.69, 9.17) is 9.15 Å². The Morgan fingerprint density at radius 3 is 2.54 bits per heavy atom. The van der Waals surface area contributed by atoms with E-state index in [1.807, 2.05) is 18.2 Å². The standard InChI is InChI=1S/C17H19BrN2O4/c1-10-8-13(11(2)24-10)17(22)20-19-16(21)7-5-12-4-6-15(23-3)14(18)9-12/h4,6,8-9H,5,7H2,1-3H3,(H,19,21)(H,20,22). The molecule has 0 atom stereocenters. The van der Waals surface area contributed by atoms with Crippen LogP contribution in [0.2, 0.25) is 0 Å². The van der Waals surface area contributed by atoms with Crippen LogP contribution >= 0.6 is 15.9 Å². The second-order valence-electron chi connectivity index (χ2n) is 5.30. The van der Waals surface area contributed by atoms with Gasteiger partial charge < -0.3 is 9.15 Å². The largest absolute Gasteiger partial charge is 0.496 e. The molecule has 7 heteroatoms. The van der Waals surface area contributed by atoms with Crippen LogP contribution in [-0.2, 0) is 11.2 Å². The fraction of sp³-hybridized carbons (Fsp3) is 0.294. The maximum absolute atomic E-state index is 12.0. The summed E-state index contributed by atoms with van der Waals surface area (Å²) in [7, 11) is 1.60. The van der Waals surface area contributed by atoms with Gasteiger partial charge in [0.1, 0.15) is 17.3 Å². The lowest BCUT2D eigenvalue weighted by atomic mass is 10.1. The van der Waals surface area contributed by atoms with E-state index in [0.29, 0.717) is 23.5 Å². The third-order valence-electron chi connectivity index (χ3n) is 3.46. The Kier molecular flexibility index (Phi) is 6.03. The molecule has 1 aromatic carbocycles. The number of benzene rings is 1. The van der Waals surface area contributed by atoms with Gasteiger partial charge in [-0.3, -0.25) is 20.4 Å². The number of carbonyl (C=O) groups is 2. The predicted molar refractivity (Wildman–Crippen MR) is 92.8 cm³/mol. The van der Waals surface area contributed by atoms with Gasteiger partial charge in [-0.05, 0) is 60.0 Å². The summed E-state index contributed by atoms with van der Waals surface area (Å²) in [5.74, 6) is 1.23. The Morgan fingerprint density at radius 1 is 1.21 bits per heavy atom. The molecule has 0 aliphatic rings. The number of ether oxygens (including phenoxy) is 1. The number of amides is 2. The van der Waals surface area contributed by atoms with Crippen LogP contribution in [0.3, 0.4) is 0 Å².